The fourth-order valence-electron chi connectivity index (χ4n) is 1.51. The lowest BCUT2D eigenvalue weighted by Crippen LogP contribution is -2.05. The second kappa shape index (κ2) is 4.17. The van der Waals surface area contributed by atoms with E-state index in [0.717, 1.165) is 16.9 Å². The van der Waals surface area contributed by atoms with Crippen molar-refractivity contribution in [2.45, 2.75) is 6.54 Å². The summed E-state index contributed by atoms with van der Waals surface area (Å²) in [6.45, 7) is 0.549. The van der Waals surface area contributed by atoms with Crippen LogP contribution in [-0.2, 0) is 6.54 Å². The highest BCUT2D eigenvalue weighted by atomic mass is 15.2. The lowest BCUT2D eigenvalue weighted by molar-refractivity contribution is 0.941. The molecule has 2 N–H and O–H groups in total. The average Bonchev–Trinajstić information content (AvgIpc) is 2.89. The van der Waals surface area contributed by atoms with Crippen molar-refractivity contribution >= 4 is 17.0 Å². The highest BCUT2D eigenvalue weighted by Gasteiger charge is 2.01. The van der Waals surface area contributed by atoms with Gasteiger partial charge in [0.2, 0.25) is 5.95 Å². The van der Waals surface area contributed by atoms with E-state index in [-0.39, 0.29) is 0 Å². The highest BCUT2D eigenvalue weighted by molar-refractivity contribution is 5.73. The van der Waals surface area contributed by atoms with Crippen LogP contribution in [0.1, 0.15) is 5.82 Å². The van der Waals surface area contributed by atoms with Gasteiger partial charge in [-0.25, -0.2) is 9.97 Å². The first-order valence-corrected chi connectivity index (χ1v) is 5.23. The first-order valence-electron chi connectivity index (χ1n) is 5.23. The molecule has 0 saturated carbocycles. The van der Waals surface area contributed by atoms with Gasteiger partial charge in [0.05, 0.1) is 12.1 Å². The molecule has 0 aliphatic carbocycles. The quantitative estimate of drug-likeness (QED) is 0.705. The van der Waals surface area contributed by atoms with Gasteiger partial charge in [0.15, 0.2) is 0 Å². The van der Waals surface area contributed by atoms with E-state index in [1.807, 2.05) is 24.3 Å². The Morgan fingerprint density at radius 1 is 1.12 bits per heavy atom. The minimum Gasteiger partial charge on any atom is -0.347 e. The number of fused-ring (bicyclic) bond motifs is 1. The van der Waals surface area contributed by atoms with Crippen LogP contribution in [0.5, 0.6) is 0 Å². The number of hydrogen-bond acceptors (Lipinski definition) is 5. The number of aromatic nitrogens is 5. The van der Waals surface area contributed by atoms with E-state index in [1.54, 1.807) is 12.4 Å². The summed E-state index contributed by atoms with van der Waals surface area (Å²) >= 11 is 0. The van der Waals surface area contributed by atoms with Gasteiger partial charge in [-0.3, -0.25) is 0 Å². The van der Waals surface area contributed by atoms with Gasteiger partial charge < -0.3 is 10.3 Å². The zero-order valence-corrected chi connectivity index (χ0v) is 8.96. The Morgan fingerprint density at radius 2 is 2.00 bits per heavy atom. The highest BCUT2D eigenvalue weighted by Crippen LogP contribution is 2.08. The minimum atomic E-state index is 0.500. The van der Waals surface area contributed by atoms with Gasteiger partial charge in [-0.1, -0.05) is 12.1 Å². The van der Waals surface area contributed by atoms with Gasteiger partial charge in [0.25, 0.3) is 0 Å². The van der Waals surface area contributed by atoms with Crippen LogP contribution < -0.4 is 5.32 Å². The van der Waals surface area contributed by atoms with Crippen LogP contribution in [-0.4, -0.2) is 25.1 Å². The number of imidazole rings is 1. The number of anilines is 1. The maximum Gasteiger partial charge on any atom is 0.243 e. The average molecular weight is 226 g/mol. The molecule has 0 spiro atoms. The van der Waals surface area contributed by atoms with Crippen LogP contribution in [0, 0.1) is 0 Å². The molecule has 0 fully saturated rings. The van der Waals surface area contributed by atoms with Gasteiger partial charge in [0, 0.05) is 12.4 Å². The molecule has 0 aliphatic heterocycles. The lowest BCUT2D eigenvalue weighted by Gasteiger charge is -2.02. The molecule has 6 nitrogen and oxygen atoms in total. The molecule has 1 aromatic carbocycles. The molecule has 3 rings (SSSR count). The van der Waals surface area contributed by atoms with Gasteiger partial charge >= 0.3 is 0 Å². The summed E-state index contributed by atoms with van der Waals surface area (Å²) in [4.78, 5) is 11.4. The number of nitrogens with one attached hydrogen (secondary N) is 2. The van der Waals surface area contributed by atoms with Gasteiger partial charge in [-0.05, 0) is 12.1 Å². The van der Waals surface area contributed by atoms with Crippen LogP contribution in [0.25, 0.3) is 11.0 Å². The van der Waals surface area contributed by atoms with E-state index < -0.39 is 0 Å². The monoisotopic (exact) mass is 226 g/mol. The normalized spacial score (nSPS) is 10.6. The second-order valence-corrected chi connectivity index (χ2v) is 3.51. The van der Waals surface area contributed by atoms with E-state index in [4.69, 9.17) is 0 Å². The first kappa shape index (κ1) is 9.71. The maximum atomic E-state index is 4.35. The molecule has 2 heterocycles. The zero-order valence-electron chi connectivity index (χ0n) is 8.96. The number of rotatable bonds is 3. The molecule has 0 aliphatic rings. The zero-order chi connectivity index (χ0) is 11.5. The van der Waals surface area contributed by atoms with Crippen LogP contribution >= 0.6 is 0 Å². The predicted molar refractivity (Wildman–Crippen MR) is 63.2 cm³/mol. The minimum absolute atomic E-state index is 0.500. The van der Waals surface area contributed by atoms with Crippen LogP contribution in [0.2, 0.25) is 0 Å². The Bertz CT molecular complexity index is 619. The Morgan fingerprint density at radius 3 is 2.82 bits per heavy atom. The number of H-pyrrole nitrogens is 1. The second-order valence-electron chi connectivity index (χ2n) is 3.51. The van der Waals surface area contributed by atoms with Crippen molar-refractivity contribution in [3.8, 4) is 0 Å². The van der Waals surface area contributed by atoms with Crippen molar-refractivity contribution in [3.63, 3.8) is 0 Å². The van der Waals surface area contributed by atoms with E-state index in [0.29, 0.717) is 12.5 Å². The Hall–Kier alpha value is -2.50. The fraction of sp³-hybridized carbons (Fsp3) is 0.0909. The molecular weight excluding hydrogens is 216 g/mol. The molecule has 0 atom stereocenters. The predicted octanol–water partition coefficient (Wildman–Crippen LogP) is 1.36. The van der Waals surface area contributed by atoms with E-state index >= 15 is 0 Å². The van der Waals surface area contributed by atoms with Crippen molar-refractivity contribution in [1.29, 1.82) is 0 Å². The van der Waals surface area contributed by atoms with Crippen LogP contribution in [0.3, 0.4) is 0 Å². The standard InChI is InChI=1S/C11H10N6/c1-2-4-9-8(3-1)15-11(17-16-9)14-7-10-12-5-6-13-10/h1-6H,7H2,(H,12,13)(H,14,15,17). The number of benzene rings is 1. The molecule has 17 heavy (non-hydrogen) atoms. The Labute approximate surface area is 97.1 Å². The molecule has 0 unspecified atom stereocenters. The molecular formula is C11H10N6. The molecule has 2 aromatic heterocycles. The number of para-hydroxylation sites is 1. The van der Waals surface area contributed by atoms with Crippen LogP contribution in [0.15, 0.2) is 36.7 Å². The molecule has 84 valence electrons. The molecule has 0 bridgehead atoms. The Kier molecular flexibility index (Phi) is 2.38. The summed E-state index contributed by atoms with van der Waals surface area (Å²) in [5.41, 5.74) is 1.61. The third-order valence-electron chi connectivity index (χ3n) is 2.33. The molecule has 0 saturated heterocycles. The van der Waals surface area contributed by atoms with E-state index in [1.165, 1.54) is 0 Å². The maximum absolute atomic E-state index is 4.35. The summed E-state index contributed by atoms with van der Waals surface area (Å²) in [6, 6.07) is 7.62. The molecule has 6 heteroatoms. The summed E-state index contributed by atoms with van der Waals surface area (Å²) in [5, 5.41) is 11.1. The Balaban J connectivity index is 1.81. The molecule has 0 radical (unpaired) electrons. The summed E-state index contributed by atoms with van der Waals surface area (Å²) in [5.74, 6) is 1.34. The van der Waals surface area contributed by atoms with Crippen LogP contribution in [0.4, 0.5) is 5.95 Å². The number of aromatic amines is 1. The summed E-state index contributed by atoms with van der Waals surface area (Å²) in [6.07, 6.45) is 3.48. The van der Waals surface area contributed by atoms with Gasteiger partial charge in [-0.2, -0.15) is 0 Å². The number of nitrogens with zero attached hydrogens (tertiary/aromatic N) is 4. The topological polar surface area (TPSA) is 79.4 Å². The van der Waals surface area contributed by atoms with Crippen molar-refractivity contribution in [3.05, 3.63) is 42.5 Å². The summed E-state index contributed by atoms with van der Waals surface area (Å²) in [7, 11) is 0. The smallest absolute Gasteiger partial charge is 0.243 e. The van der Waals surface area contributed by atoms with Crippen molar-refractivity contribution in [1.82, 2.24) is 25.1 Å². The molecule has 3 aromatic rings. The first-order chi connectivity index (χ1) is 8.42. The number of hydrogen-bond donors (Lipinski definition) is 2. The largest absolute Gasteiger partial charge is 0.347 e. The SMILES string of the molecule is c1ccc2nc(NCc3ncc[nH]3)nnc2c1. The van der Waals surface area contributed by atoms with Crippen molar-refractivity contribution < 1.29 is 0 Å². The molecule has 0 amide bonds. The lowest BCUT2D eigenvalue weighted by atomic mass is 10.3. The van der Waals surface area contributed by atoms with Crippen molar-refractivity contribution in [2.75, 3.05) is 5.32 Å². The van der Waals surface area contributed by atoms with Gasteiger partial charge in [0.1, 0.15) is 11.3 Å². The van der Waals surface area contributed by atoms with Crippen molar-refractivity contribution in [2.24, 2.45) is 0 Å². The third-order valence-corrected chi connectivity index (χ3v) is 2.33. The fourth-order valence-corrected chi connectivity index (χ4v) is 1.51. The van der Waals surface area contributed by atoms with E-state index in [2.05, 4.69) is 30.5 Å². The van der Waals surface area contributed by atoms with E-state index in [9.17, 15) is 0 Å². The summed E-state index contributed by atoms with van der Waals surface area (Å²) < 4.78 is 0. The third kappa shape index (κ3) is 2.05. The van der Waals surface area contributed by atoms with Gasteiger partial charge in [-0.15, -0.1) is 10.2 Å².